The van der Waals surface area contributed by atoms with Gasteiger partial charge in [0.05, 0.1) is 6.04 Å². The second kappa shape index (κ2) is 6.83. The topological polar surface area (TPSA) is 38.0 Å². The van der Waals surface area contributed by atoms with Crippen LogP contribution in [0, 0.1) is 11.6 Å². The number of benzene rings is 2. The van der Waals surface area contributed by atoms with E-state index in [4.69, 9.17) is 5.84 Å². The van der Waals surface area contributed by atoms with Gasteiger partial charge in [-0.15, -0.1) is 11.8 Å². The lowest BCUT2D eigenvalue weighted by molar-refractivity contribution is 0.522. The molecule has 1 unspecified atom stereocenters. The van der Waals surface area contributed by atoms with Gasteiger partial charge in [0.2, 0.25) is 0 Å². The molecule has 5 heteroatoms. The van der Waals surface area contributed by atoms with E-state index in [9.17, 15) is 8.78 Å². The molecule has 2 rings (SSSR count). The summed E-state index contributed by atoms with van der Waals surface area (Å²) in [4.78, 5) is 1.14. The van der Waals surface area contributed by atoms with Gasteiger partial charge in [-0.3, -0.25) is 11.3 Å². The van der Waals surface area contributed by atoms with Gasteiger partial charge in [0, 0.05) is 4.90 Å². The predicted molar refractivity (Wildman–Crippen MR) is 78.3 cm³/mol. The molecule has 0 amide bonds. The quantitative estimate of drug-likeness (QED) is 0.504. The summed E-state index contributed by atoms with van der Waals surface area (Å²) in [6.45, 7) is 0. The predicted octanol–water partition coefficient (Wildman–Crippen LogP) is 3.43. The van der Waals surface area contributed by atoms with Crippen molar-refractivity contribution in [1.82, 2.24) is 5.43 Å². The number of hydrazine groups is 1. The molecule has 2 nitrogen and oxygen atoms in total. The van der Waals surface area contributed by atoms with Crippen LogP contribution in [0.1, 0.15) is 17.2 Å². The summed E-state index contributed by atoms with van der Waals surface area (Å²) >= 11 is 1.64. The van der Waals surface area contributed by atoms with Gasteiger partial charge in [0.15, 0.2) is 0 Å². The van der Waals surface area contributed by atoms with Gasteiger partial charge in [-0.25, -0.2) is 8.78 Å². The van der Waals surface area contributed by atoms with Crippen LogP contribution >= 0.6 is 11.8 Å². The van der Waals surface area contributed by atoms with Crippen LogP contribution in [0.3, 0.4) is 0 Å². The Morgan fingerprint density at radius 3 is 2.45 bits per heavy atom. The highest BCUT2D eigenvalue weighted by molar-refractivity contribution is 7.98. The molecule has 0 aromatic heterocycles. The van der Waals surface area contributed by atoms with Crippen molar-refractivity contribution in [2.24, 2.45) is 5.84 Å². The molecule has 0 aliphatic rings. The third-order valence-electron chi connectivity index (χ3n) is 3.15. The summed E-state index contributed by atoms with van der Waals surface area (Å²) in [6.07, 6.45) is 2.29. The summed E-state index contributed by atoms with van der Waals surface area (Å²) in [7, 11) is 0. The number of rotatable bonds is 5. The van der Waals surface area contributed by atoms with Crippen molar-refractivity contribution in [1.29, 1.82) is 0 Å². The van der Waals surface area contributed by atoms with E-state index in [2.05, 4.69) is 5.43 Å². The van der Waals surface area contributed by atoms with Crippen molar-refractivity contribution in [2.75, 3.05) is 6.26 Å². The fourth-order valence-corrected chi connectivity index (χ4v) is 2.44. The highest BCUT2D eigenvalue weighted by Gasteiger charge is 2.14. The van der Waals surface area contributed by atoms with Crippen LogP contribution in [0.5, 0.6) is 0 Å². The van der Waals surface area contributed by atoms with Gasteiger partial charge in [-0.05, 0) is 54.1 Å². The van der Waals surface area contributed by atoms with Crippen LogP contribution < -0.4 is 11.3 Å². The molecule has 0 fully saturated rings. The van der Waals surface area contributed by atoms with Crippen LogP contribution in [-0.4, -0.2) is 6.26 Å². The van der Waals surface area contributed by atoms with Crippen molar-refractivity contribution in [3.05, 3.63) is 65.2 Å². The summed E-state index contributed by atoms with van der Waals surface area (Å²) in [6, 6.07) is 11.0. The molecule has 2 aromatic carbocycles. The maximum atomic E-state index is 13.7. The summed E-state index contributed by atoms with van der Waals surface area (Å²) < 4.78 is 26.8. The molecule has 20 heavy (non-hydrogen) atoms. The van der Waals surface area contributed by atoms with Crippen LogP contribution in [0.4, 0.5) is 8.78 Å². The van der Waals surface area contributed by atoms with Gasteiger partial charge < -0.3 is 0 Å². The zero-order chi connectivity index (χ0) is 14.5. The molecule has 3 N–H and O–H groups in total. The minimum atomic E-state index is -0.449. The van der Waals surface area contributed by atoms with Crippen LogP contribution in [0.2, 0.25) is 0 Å². The van der Waals surface area contributed by atoms with E-state index in [0.29, 0.717) is 12.0 Å². The third kappa shape index (κ3) is 3.56. The third-order valence-corrected chi connectivity index (χ3v) is 3.89. The molecular formula is C15H16F2N2S. The fourth-order valence-electron chi connectivity index (χ4n) is 2.03. The minimum Gasteiger partial charge on any atom is -0.271 e. The van der Waals surface area contributed by atoms with Crippen molar-refractivity contribution in [3.63, 3.8) is 0 Å². The number of hydrogen-bond acceptors (Lipinski definition) is 3. The Hall–Kier alpha value is -1.43. The SMILES string of the molecule is CSc1ccc(C(Cc2cc(F)ccc2F)NN)cc1. The molecule has 0 spiro atoms. The second-order valence-electron chi connectivity index (χ2n) is 4.43. The van der Waals surface area contributed by atoms with Gasteiger partial charge in [0.25, 0.3) is 0 Å². The van der Waals surface area contributed by atoms with E-state index in [1.54, 1.807) is 11.8 Å². The van der Waals surface area contributed by atoms with E-state index >= 15 is 0 Å². The average molecular weight is 294 g/mol. The Labute approximate surface area is 121 Å². The van der Waals surface area contributed by atoms with Gasteiger partial charge >= 0.3 is 0 Å². The highest BCUT2D eigenvalue weighted by atomic mass is 32.2. The Bertz CT molecular complexity index is 573. The molecule has 2 aromatic rings. The lowest BCUT2D eigenvalue weighted by Crippen LogP contribution is -2.29. The molecule has 0 bridgehead atoms. The normalized spacial score (nSPS) is 12.4. The number of thioether (sulfide) groups is 1. The average Bonchev–Trinajstić information content (AvgIpc) is 2.48. The van der Waals surface area contributed by atoms with Gasteiger partial charge in [0.1, 0.15) is 11.6 Å². The number of nitrogens with two attached hydrogens (primary N) is 1. The largest absolute Gasteiger partial charge is 0.271 e. The first kappa shape index (κ1) is 15.0. The summed E-state index contributed by atoms with van der Waals surface area (Å²) in [5, 5.41) is 0. The van der Waals surface area contributed by atoms with Crippen LogP contribution in [0.15, 0.2) is 47.4 Å². The van der Waals surface area contributed by atoms with Gasteiger partial charge in [-0.2, -0.15) is 0 Å². The summed E-state index contributed by atoms with van der Waals surface area (Å²) in [5.74, 6) is 4.67. The highest BCUT2D eigenvalue weighted by Crippen LogP contribution is 2.23. The molecule has 0 radical (unpaired) electrons. The van der Waals surface area contributed by atoms with E-state index in [-0.39, 0.29) is 6.04 Å². The van der Waals surface area contributed by atoms with Crippen LogP contribution in [0.25, 0.3) is 0 Å². The summed E-state index contributed by atoms with van der Waals surface area (Å²) in [5.41, 5.74) is 3.90. The molecule has 106 valence electrons. The first-order valence-corrected chi connectivity index (χ1v) is 7.40. The van der Waals surface area contributed by atoms with Crippen molar-refractivity contribution in [3.8, 4) is 0 Å². The molecule has 0 saturated carbocycles. The second-order valence-corrected chi connectivity index (χ2v) is 5.31. The first-order valence-electron chi connectivity index (χ1n) is 6.18. The molecule has 0 heterocycles. The van der Waals surface area contributed by atoms with E-state index in [1.807, 2.05) is 30.5 Å². The number of hydrogen-bond donors (Lipinski definition) is 2. The smallest absolute Gasteiger partial charge is 0.126 e. The van der Waals surface area contributed by atoms with Crippen molar-refractivity contribution < 1.29 is 8.78 Å². The van der Waals surface area contributed by atoms with Crippen molar-refractivity contribution >= 4 is 11.8 Å². The molecule has 0 aliphatic heterocycles. The molecule has 1 atom stereocenters. The first-order chi connectivity index (χ1) is 9.63. The Morgan fingerprint density at radius 1 is 1.15 bits per heavy atom. The lowest BCUT2D eigenvalue weighted by Gasteiger charge is -2.17. The molecular weight excluding hydrogens is 278 g/mol. The maximum Gasteiger partial charge on any atom is 0.126 e. The monoisotopic (exact) mass is 294 g/mol. The van der Waals surface area contributed by atoms with E-state index < -0.39 is 11.6 Å². The van der Waals surface area contributed by atoms with Gasteiger partial charge in [-0.1, -0.05) is 12.1 Å². The zero-order valence-electron chi connectivity index (χ0n) is 11.1. The Balaban J connectivity index is 2.21. The van der Waals surface area contributed by atoms with E-state index in [0.717, 1.165) is 22.6 Å². The number of halogens is 2. The van der Waals surface area contributed by atoms with Crippen LogP contribution in [-0.2, 0) is 6.42 Å². The Kier molecular flexibility index (Phi) is 5.11. The Morgan fingerprint density at radius 2 is 1.85 bits per heavy atom. The molecule has 0 saturated heterocycles. The number of nitrogens with one attached hydrogen (secondary N) is 1. The standard InChI is InChI=1S/C15H16F2N2S/c1-20-13-5-2-10(3-6-13)15(19-18)9-11-8-12(16)4-7-14(11)17/h2-8,15,19H,9,18H2,1H3. The zero-order valence-corrected chi connectivity index (χ0v) is 11.9. The van der Waals surface area contributed by atoms with E-state index in [1.165, 1.54) is 6.07 Å². The fraction of sp³-hybridized carbons (Fsp3) is 0.200. The maximum absolute atomic E-state index is 13.7. The van der Waals surface area contributed by atoms with Crippen molar-refractivity contribution in [2.45, 2.75) is 17.4 Å². The lowest BCUT2D eigenvalue weighted by atomic mass is 9.99. The molecule has 0 aliphatic carbocycles. The minimum absolute atomic E-state index is 0.262.